The molecule has 1 aromatic carbocycles. The molecule has 1 N–H and O–H groups in total. The highest BCUT2D eigenvalue weighted by Crippen LogP contribution is 2.29. The fraction of sp³-hybridized carbons (Fsp3) is 0.357. The Labute approximate surface area is 118 Å². The van der Waals surface area contributed by atoms with Gasteiger partial charge in [-0.2, -0.15) is 0 Å². The van der Waals surface area contributed by atoms with E-state index >= 15 is 0 Å². The van der Waals surface area contributed by atoms with Crippen molar-refractivity contribution in [3.63, 3.8) is 0 Å². The van der Waals surface area contributed by atoms with Crippen LogP contribution in [0.15, 0.2) is 34.1 Å². The number of methoxy groups -OCH3 is 1. The van der Waals surface area contributed by atoms with Gasteiger partial charge < -0.3 is 9.72 Å². The van der Waals surface area contributed by atoms with E-state index < -0.39 is 8.07 Å². The van der Waals surface area contributed by atoms with Crippen molar-refractivity contribution < 1.29 is 4.74 Å². The summed E-state index contributed by atoms with van der Waals surface area (Å²) in [5.74, 6) is 0.814. The number of thioether (sulfide) groups is 1. The number of benzene rings is 1. The van der Waals surface area contributed by atoms with Crippen LogP contribution in [0.2, 0.25) is 19.6 Å². The molecule has 5 heteroatoms. The van der Waals surface area contributed by atoms with E-state index in [0.717, 1.165) is 26.9 Å². The number of nitrogens with one attached hydrogen (secondary N) is 1. The van der Waals surface area contributed by atoms with E-state index in [1.54, 1.807) is 24.9 Å². The van der Waals surface area contributed by atoms with E-state index in [2.05, 4.69) is 24.6 Å². The lowest BCUT2D eigenvalue weighted by molar-refractivity contribution is 0.415. The summed E-state index contributed by atoms with van der Waals surface area (Å²) in [6, 6.07) is 7.43. The van der Waals surface area contributed by atoms with Gasteiger partial charge in [0.25, 0.3) is 0 Å². The van der Waals surface area contributed by atoms with Crippen molar-refractivity contribution in [2.75, 3.05) is 12.5 Å². The van der Waals surface area contributed by atoms with Gasteiger partial charge in [0.05, 0.1) is 20.2 Å². The van der Waals surface area contributed by atoms with Crippen LogP contribution >= 0.6 is 11.8 Å². The maximum Gasteiger partial charge on any atom is 0.249 e. The molecule has 0 saturated heterocycles. The number of ether oxygens (including phenoxy) is 1. The smallest absolute Gasteiger partial charge is 0.249 e. The average molecular weight is 293 g/mol. The van der Waals surface area contributed by atoms with E-state index in [1.165, 1.54) is 0 Å². The van der Waals surface area contributed by atoms with E-state index in [1.807, 2.05) is 18.2 Å². The first-order chi connectivity index (χ1) is 8.89. The van der Waals surface area contributed by atoms with E-state index in [9.17, 15) is 4.79 Å². The first kappa shape index (κ1) is 14.2. The second-order valence-corrected chi connectivity index (χ2v) is 12.7. The highest BCUT2D eigenvalue weighted by atomic mass is 32.2. The molecule has 0 bridgehead atoms. The van der Waals surface area contributed by atoms with Crippen molar-refractivity contribution in [2.45, 2.75) is 24.7 Å². The van der Waals surface area contributed by atoms with Gasteiger partial charge in [0.15, 0.2) is 0 Å². The van der Waals surface area contributed by atoms with Crippen LogP contribution in [0.1, 0.15) is 0 Å². The monoisotopic (exact) mass is 293 g/mol. The molecule has 0 aliphatic carbocycles. The number of hydrogen-bond donors (Lipinski definition) is 1. The number of H-pyrrole nitrogens is 1. The number of pyridine rings is 1. The molecule has 19 heavy (non-hydrogen) atoms. The minimum atomic E-state index is -1.16. The zero-order valence-electron chi connectivity index (χ0n) is 11.7. The van der Waals surface area contributed by atoms with Gasteiger partial charge in [-0.1, -0.05) is 25.7 Å². The summed E-state index contributed by atoms with van der Waals surface area (Å²) in [4.78, 5) is 14.6. The summed E-state index contributed by atoms with van der Waals surface area (Å²) in [7, 11) is 0.498. The van der Waals surface area contributed by atoms with Gasteiger partial charge >= 0.3 is 0 Å². The van der Waals surface area contributed by atoms with E-state index in [-0.39, 0.29) is 5.56 Å². The highest BCUT2D eigenvalue weighted by Gasteiger charge is 2.15. The van der Waals surface area contributed by atoms with Crippen molar-refractivity contribution in [3.8, 4) is 5.75 Å². The van der Waals surface area contributed by atoms with Crippen LogP contribution < -0.4 is 10.3 Å². The molecule has 0 radical (unpaired) electrons. The molecular formula is C14H19NO2SSi. The third-order valence-corrected chi connectivity index (χ3v) is 7.33. The number of aromatic nitrogens is 1. The number of aromatic amines is 1. The van der Waals surface area contributed by atoms with E-state index in [0.29, 0.717) is 0 Å². The molecule has 0 aliphatic rings. The molecule has 1 aromatic heterocycles. The molecule has 2 rings (SSSR count). The Morgan fingerprint density at radius 2 is 2.00 bits per heavy atom. The predicted octanol–water partition coefficient (Wildman–Crippen LogP) is 3.51. The lowest BCUT2D eigenvalue weighted by Crippen LogP contribution is -2.24. The largest absolute Gasteiger partial charge is 0.497 e. The molecular weight excluding hydrogens is 274 g/mol. The molecule has 0 amide bonds. The van der Waals surface area contributed by atoms with Gasteiger partial charge in [0.1, 0.15) is 5.75 Å². The zero-order valence-corrected chi connectivity index (χ0v) is 13.6. The fourth-order valence-electron chi connectivity index (χ4n) is 1.74. The molecule has 0 spiro atoms. The number of rotatable bonds is 4. The lowest BCUT2D eigenvalue weighted by atomic mass is 10.2. The molecule has 0 unspecified atom stereocenters. The minimum Gasteiger partial charge on any atom is -0.497 e. The Balaban J connectivity index is 2.48. The van der Waals surface area contributed by atoms with Crippen LogP contribution in [0.25, 0.3) is 10.8 Å². The molecule has 0 atom stereocenters. The van der Waals surface area contributed by atoms with Crippen LogP contribution in [0.5, 0.6) is 5.75 Å². The maximum atomic E-state index is 11.7. The van der Waals surface area contributed by atoms with Crippen LogP contribution in [-0.4, -0.2) is 25.5 Å². The topological polar surface area (TPSA) is 42.1 Å². The molecule has 1 heterocycles. The Morgan fingerprint density at radius 1 is 1.26 bits per heavy atom. The normalized spacial score (nSPS) is 11.8. The summed E-state index contributed by atoms with van der Waals surface area (Å²) in [6.07, 6.45) is 0. The Bertz CT molecular complexity index is 646. The summed E-state index contributed by atoms with van der Waals surface area (Å²) in [5, 5.41) is 4.05. The third-order valence-electron chi connectivity index (χ3n) is 2.68. The third kappa shape index (κ3) is 3.64. The molecule has 0 saturated carbocycles. The summed E-state index contributed by atoms with van der Waals surface area (Å²) >= 11 is 1.74. The average Bonchev–Trinajstić information content (AvgIpc) is 2.34. The van der Waals surface area contributed by atoms with Gasteiger partial charge in [-0.25, -0.2) is 0 Å². The lowest BCUT2D eigenvalue weighted by Gasteiger charge is -2.15. The van der Waals surface area contributed by atoms with Gasteiger partial charge in [-0.3, -0.25) is 4.79 Å². The highest BCUT2D eigenvalue weighted by molar-refractivity contribution is 8.01. The zero-order chi connectivity index (χ0) is 14.0. The Kier molecular flexibility index (Phi) is 4.06. The predicted molar refractivity (Wildman–Crippen MR) is 85.2 cm³/mol. The van der Waals surface area contributed by atoms with Crippen molar-refractivity contribution >= 4 is 30.6 Å². The number of fused-ring (bicyclic) bond motifs is 1. The maximum absolute atomic E-state index is 11.7. The van der Waals surface area contributed by atoms with Crippen LogP contribution in [0, 0.1) is 0 Å². The van der Waals surface area contributed by atoms with Crippen molar-refractivity contribution in [1.29, 1.82) is 0 Å². The quantitative estimate of drug-likeness (QED) is 0.693. The van der Waals surface area contributed by atoms with Crippen LogP contribution in [-0.2, 0) is 0 Å². The first-order valence-electron chi connectivity index (χ1n) is 6.23. The Morgan fingerprint density at radius 3 is 2.63 bits per heavy atom. The van der Waals surface area contributed by atoms with Crippen LogP contribution in [0.3, 0.4) is 0 Å². The minimum absolute atomic E-state index is 0.0456. The standard InChI is InChI=1S/C14H19NO2SSi/c1-17-11-6-5-10-7-13(16)15-14(12(10)8-11)18-9-19(2,3)4/h5-8H,9H2,1-4H3,(H,15,16). The summed E-state index contributed by atoms with van der Waals surface area (Å²) in [6.45, 7) is 6.97. The second-order valence-electron chi connectivity index (χ2n) is 5.77. The van der Waals surface area contributed by atoms with Gasteiger partial charge in [0, 0.05) is 11.5 Å². The number of hydrogen-bond acceptors (Lipinski definition) is 3. The summed E-state index contributed by atoms with van der Waals surface area (Å²) in [5.41, 5.74) is -0.0456. The van der Waals surface area contributed by atoms with Gasteiger partial charge in [-0.05, 0) is 22.9 Å². The fourth-order valence-corrected chi connectivity index (χ4v) is 4.56. The van der Waals surface area contributed by atoms with Gasteiger partial charge in [-0.15, -0.1) is 11.8 Å². The van der Waals surface area contributed by atoms with Crippen molar-refractivity contribution in [1.82, 2.24) is 4.98 Å². The molecule has 0 aliphatic heterocycles. The van der Waals surface area contributed by atoms with E-state index in [4.69, 9.17) is 4.74 Å². The van der Waals surface area contributed by atoms with Crippen molar-refractivity contribution in [3.05, 3.63) is 34.6 Å². The Hall–Kier alpha value is -1.20. The molecule has 102 valence electrons. The molecule has 0 fully saturated rings. The summed E-state index contributed by atoms with van der Waals surface area (Å²) < 4.78 is 5.26. The SMILES string of the molecule is COc1ccc2cc(=O)[nH]c(SC[Si](C)(C)C)c2c1. The van der Waals surface area contributed by atoms with Crippen LogP contribution in [0.4, 0.5) is 0 Å². The van der Waals surface area contributed by atoms with Gasteiger partial charge in [0.2, 0.25) is 5.56 Å². The second kappa shape index (κ2) is 5.42. The molecule has 3 nitrogen and oxygen atoms in total. The first-order valence-corrected chi connectivity index (χ1v) is 10.9. The van der Waals surface area contributed by atoms with Crippen molar-refractivity contribution in [2.24, 2.45) is 0 Å². The molecule has 2 aromatic rings.